The Morgan fingerprint density at radius 3 is 2.95 bits per heavy atom. The van der Waals surface area contributed by atoms with Gasteiger partial charge >= 0.3 is 0 Å². The maximum atomic E-state index is 11.2. The molecule has 2 rings (SSSR count). The van der Waals surface area contributed by atoms with Crippen molar-refractivity contribution in [2.45, 2.75) is 37.8 Å². The van der Waals surface area contributed by atoms with Crippen molar-refractivity contribution in [2.24, 2.45) is 0 Å². The maximum absolute atomic E-state index is 11.2. The molecule has 5 heteroatoms. The molecule has 108 valence electrons. The number of aldehydes is 1. The molecular weight excluding hydrogens is 260 g/mol. The van der Waals surface area contributed by atoms with Crippen LogP contribution in [0.5, 0.6) is 0 Å². The van der Waals surface area contributed by atoms with E-state index in [4.69, 9.17) is 21.0 Å². The second-order valence-corrected chi connectivity index (χ2v) is 5.13. The zero-order chi connectivity index (χ0) is 14.8. The monoisotopic (exact) mass is 278 g/mol. The number of hydrogen-bond acceptors (Lipinski definition) is 5. The Labute approximate surface area is 117 Å². The molecule has 0 amide bonds. The molecular formula is C15H18O5. The molecule has 2 aliphatic rings. The lowest BCUT2D eigenvalue weighted by molar-refractivity contribution is -0.230. The highest BCUT2D eigenvalue weighted by Gasteiger charge is 2.49. The molecule has 3 atom stereocenters. The summed E-state index contributed by atoms with van der Waals surface area (Å²) in [5.74, 6) is 1.36. The van der Waals surface area contributed by atoms with Gasteiger partial charge in [-0.25, -0.2) is 0 Å². The van der Waals surface area contributed by atoms with E-state index in [-0.39, 0.29) is 13.0 Å². The quantitative estimate of drug-likeness (QED) is 0.442. The van der Waals surface area contributed by atoms with E-state index in [1.807, 2.05) is 6.92 Å². The van der Waals surface area contributed by atoms with Gasteiger partial charge in [0.15, 0.2) is 12.1 Å². The molecule has 0 saturated carbocycles. The maximum Gasteiger partial charge on any atom is 0.175 e. The van der Waals surface area contributed by atoms with E-state index in [2.05, 4.69) is 5.92 Å². The standard InChI is InChI=1S/C15H18O5/c1-3-4-11(7-16)12-5-15(19-9-10(12)2)6-13(18)14(8-17)20-15/h1,4,7,13-14,17-18H,5-6,8-9H2,2H3/b11-4-. The van der Waals surface area contributed by atoms with Crippen LogP contribution in [-0.2, 0) is 14.3 Å². The Morgan fingerprint density at radius 2 is 2.40 bits per heavy atom. The molecule has 0 aromatic heterocycles. The van der Waals surface area contributed by atoms with Crippen molar-refractivity contribution in [3.8, 4) is 12.3 Å². The summed E-state index contributed by atoms with van der Waals surface area (Å²) in [6, 6.07) is 0. The number of allylic oxidation sites excluding steroid dienone is 2. The van der Waals surface area contributed by atoms with Crippen LogP contribution < -0.4 is 0 Å². The molecule has 1 spiro atoms. The van der Waals surface area contributed by atoms with Crippen molar-refractivity contribution in [3.05, 3.63) is 22.8 Å². The van der Waals surface area contributed by atoms with Gasteiger partial charge in [0.25, 0.3) is 0 Å². The topological polar surface area (TPSA) is 76.0 Å². The molecule has 0 aromatic rings. The zero-order valence-corrected chi connectivity index (χ0v) is 11.3. The molecule has 3 unspecified atom stereocenters. The van der Waals surface area contributed by atoms with Crippen LogP contribution in [0.1, 0.15) is 19.8 Å². The fourth-order valence-electron chi connectivity index (χ4n) is 2.65. The summed E-state index contributed by atoms with van der Waals surface area (Å²) in [5, 5.41) is 19.0. The summed E-state index contributed by atoms with van der Waals surface area (Å²) in [7, 11) is 0. The summed E-state index contributed by atoms with van der Waals surface area (Å²) in [6.45, 7) is 1.89. The van der Waals surface area contributed by atoms with Crippen LogP contribution in [0.2, 0.25) is 0 Å². The number of hydrogen-bond donors (Lipinski definition) is 2. The first-order valence-electron chi connectivity index (χ1n) is 6.46. The van der Waals surface area contributed by atoms with Gasteiger partial charge in [0.2, 0.25) is 0 Å². The molecule has 20 heavy (non-hydrogen) atoms. The SMILES string of the molecule is C#C/C=C(/C=O)C1=C(C)COC2(C1)CC(O)C(CO)O2. The van der Waals surface area contributed by atoms with Crippen LogP contribution in [-0.4, -0.2) is 47.7 Å². The average molecular weight is 278 g/mol. The lowest BCUT2D eigenvalue weighted by atomic mass is 9.90. The first-order chi connectivity index (χ1) is 9.55. The van der Waals surface area contributed by atoms with Crippen LogP contribution >= 0.6 is 0 Å². The van der Waals surface area contributed by atoms with Gasteiger partial charge in [-0.2, -0.15) is 0 Å². The van der Waals surface area contributed by atoms with E-state index in [1.54, 1.807) is 0 Å². The van der Waals surface area contributed by atoms with Gasteiger partial charge in [-0.3, -0.25) is 4.79 Å². The Balaban J connectivity index is 2.27. The van der Waals surface area contributed by atoms with Crippen molar-refractivity contribution in [2.75, 3.05) is 13.2 Å². The Morgan fingerprint density at radius 1 is 1.65 bits per heavy atom. The number of carbonyl (C=O) groups is 1. The van der Waals surface area contributed by atoms with E-state index in [1.165, 1.54) is 6.08 Å². The second-order valence-electron chi connectivity index (χ2n) is 5.13. The minimum atomic E-state index is -0.988. The molecule has 0 radical (unpaired) electrons. The van der Waals surface area contributed by atoms with Crippen molar-refractivity contribution >= 4 is 6.29 Å². The van der Waals surface area contributed by atoms with E-state index in [0.29, 0.717) is 24.9 Å². The molecule has 1 fully saturated rings. The van der Waals surface area contributed by atoms with Gasteiger partial charge in [-0.1, -0.05) is 5.92 Å². The first-order valence-corrected chi connectivity index (χ1v) is 6.46. The molecule has 5 nitrogen and oxygen atoms in total. The Hall–Kier alpha value is -1.45. The van der Waals surface area contributed by atoms with Crippen LogP contribution in [0.15, 0.2) is 22.8 Å². The van der Waals surface area contributed by atoms with Crippen LogP contribution in [0.3, 0.4) is 0 Å². The summed E-state index contributed by atoms with van der Waals surface area (Å²) < 4.78 is 11.3. The predicted molar refractivity (Wildman–Crippen MR) is 71.6 cm³/mol. The fraction of sp³-hybridized carbons (Fsp3) is 0.533. The molecule has 0 aromatic carbocycles. The second kappa shape index (κ2) is 5.90. The molecule has 2 heterocycles. The summed E-state index contributed by atoms with van der Waals surface area (Å²) in [5.41, 5.74) is 2.13. The highest BCUT2D eigenvalue weighted by atomic mass is 16.7. The van der Waals surface area contributed by atoms with Gasteiger partial charge in [-0.05, 0) is 24.1 Å². The van der Waals surface area contributed by atoms with Crippen molar-refractivity contribution in [1.29, 1.82) is 0 Å². The number of carbonyl (C=O) groups excluding carboxylic acids is 1. The average Bonchev–Trinajstić information content (AvgIpc) is 2.75. The number of aliphatic hydroxyl groups is 2. The minimum absolute atomic E-state index is 0.261. The highest BCUT2D eigenvalue weighted by Crippen LogP contribution is 2.42. The molecule has 2 aliphatic heterocycles. The Kier molecular flexibility index (Phi) is 4.41. The highest BCUT2D eigenvalue weighted by molar-refractivity contribution is 5.81. The zero-order valence-electron chi connectivity index (χ0n) is 11.3. The minimum Gasteiger partial charge on any atom is -0.394 e. The molecule has 2 N–H and O–H groups in total. The lowest BCUT2D eigenvalue weighted by Crippen LogP contribution is -2.38. The van der Waals surface area contributed by atoms with E-state index in [0.717, 1.165) is 11.1 Å². The molecule has 0 bridgehead atoms. The van der Waals surface area contributed by atoms with Gasteiger partial charge in [-0.15, -0.1) is 6.42 Å². The molecule has 0 aliphatic carbocycles. The van der Waals surface area contributed by atoms with Gasteiger partial charge in [0.1, 0.15) is 6.10 Å². The number of ether oxygens (including phenoxy) is 2. The Bertz CT molecular complexity index is 499. The van der Waals surface area contributed by atoms with E-state index in [9.17, 15) is 9.90 Å². The molecule has 1 saturated heterocycles. The predicted octanol–water partition coefficient (Wildman–Crippen LogP) is 0.320. The largest absolute Gasteiger partial charge is 0.394 e. The van der Waals surface area contributed by atoms with Crippen molar-refractivity contribution < 1.29 is 24.5 Å². The van der Waals surface area contributed by atoms with E-state index < -0.39 is 18.0 Å². The smallest absolute Gasteiger partial charge is 0.175 e. The third-order valence-corrected chi connectivity index (χ3v) is 3.72. The van der Waals surface area contributed by atoms with Crippen molar-refractivity contribution in [1.82, 2.24) is 0 Å². The van der Waals surface area contributed by atoms with Gasteiger partial charge < -0.3 is 19.7 Å². The summed E-state index contributed by atoms with van der Waals surface area (Å²) in [4.78, 5) is 11.2. The lowest BCUT2D eigenvalue weighted by Gasteiger charge is -2.35. The fourth-order valence-corrected chi connectivity index (χ4v) is 2.65. The van der Waals surface area contributed by atoms with Crippen LogP contribution in [0.25, 0.3) is 0 Å². The summed E-state index contributed by atoms with van der Waals surface area (Å²) >= 11 is 0. The summed E-state index contributed by atoms with van der Waals surface area (Å²) in [6.07, 6.45) is 6.51. The van der Waals surface area contributed by atoms with E-state index >= 15 is 0 Å². The van der Waals surface area contributed by atoms with Gasteiger partial charge in [0, 0.05) is 18.4 Å². The number of terminal acetylenes is 1. The number of aliphatic hydroxyl groups excluding tert-OH is 2. The van der Waals surface area contributed by atoms with Gasteiger partial charge in [0.05, 0.1) is 19.3 Å². The third-order valence-electron chi connectivity index (χ3n) is 3.72. The third kappa shape index (κ3) is 2.69. The van der Waals surface area contributed by atoms with Crippen LogP contribution in [0.4, 0.5) is 0 Å². The van der Waals surface area contributed by atoms with Crippen LogP contribution in [0, 0.1) is 12.3 Å². The first kappa shape index (κ1) is 14.9. The normalized spacial score (nSPS) is 34.4. The number of rotatable bonds is 3. The van der Waals surface area contributed by atoms with Crippen molar-refractivity contribution in [3.63, 3.8) is 0 Å².